The predicted molar refractivity (Wildman–Crippen MR) is 73.6 cm³/mol. The third-order valence-electron chi connectivity index (χ3n) is 3.37. The first-order valence-corrected chi connectivity index (χ1v) is 6.54. The third kappa shape index (κ3) is 1.75. The van der Waals surface area contributed by atoms with E-state index >= 15 is 0 Å². The monoisotopic (exact) mass is 259 g/mol. The molecular formula is C14H14ClN3. The highest BCUT2D eigenvalue weighted by Crippen LogP contribution is 2.36. The van der Waals surface area contributed by atoms with E-state index in [4.69, 9.17) is 11.6 Å². The van der Waals surface area contributed by atoms with Gasteiger partial charge in [-0.1, -0.05) is 36.7 Å². The first-order valence-electron chi connectivity index (χ1n) is 6.16. The molecule has 0 bridgehead atoms. The molecule has 3 rings (SSSR count). The van der Waals surface area contributed by atoms with Gasteiger partial charge in [0.15, 0.2) is 0 Å². The number of hydrogen-bond acceptors (Lipinski definition) is 3. The third-order valence-corrected chi connectivity index (χ3v) is 3.69. The van der Waals surface area contributed by atoms with Crippen LogP contribution in [0, 0.1) is 0 Å². The Kier molecular flexibility index (Phi) is 2.92. The highest BCUT2D eigenvalue weighted by molar-refractivity contribution is 6.30. The molecule has 3 nitrogen and oxygen atoms in total. The zero-order chi connectivity index (χ0) is 12.5. The topological polar surface area (TPSA) is 29.0 Å². The van der Waals surface area contributed by atoms with Crippen LogP contribution in [0.1, 0.15) is 18.1 Å². The fourth-order valence-corrected chi connectivity index (χ4v) is 2.74. The van der Waals surface area contributed by atoms with Crippen LogP contribution in [0.2, 0.25) is 5.15 Å². The summed E-state index contributed by atoms with van der Waals surface area (Å²) < 4.78 is 0. The van der Waals surface area contributed by atoms with Gasteiger partial charge in [-0.15, -0.1) is 0 Å². The molecule has 0 N–H and O–H groups in total. The smallest absolute Gasteiger partial charge is 0.141 e. The number of aromatic nitrogens is 2. The summed E-state index contributed by atoms with van der Waals surface area (Å²) in [5, 5.41) is 0.562. The average Bonchev–Trinajstić information content (AvgIpc) is 2.82. The molecule has 0 amide bonds. The number of hydrogen-bond donors (Lipinski definition) is 0. The van der Waals surface area contributed by atoms with Crippen LogP contribution in [0.25, 0.3) is 0 Å². The van der Waals surface area contributed by atoms with Crippen molar-refractivity contribution < 1.29 is 0 Å². The molecule has 0 spiro atoms. The first kappa shape index (κ1) is 11.5. The van der Waals surface area contributed by atoms with Crippen LogP contribution in [0.4, 0.5) is 11.5 Å². The van der Waals surface area contributed by atoms with Gasteiger partial charge in [0.1, 0.15) is 17.3 Å². The molecule has 1 aliphatic heterocycles. The lowest BCUT2D eigenvalue weighted by Crippen LogP contribution is -2.17. The molecule has 0 atom stereocenters. The Morgan fingerprint density at radius 2 is 2.11 bits per heavy atom. The van der Waals surface area contributed by atoms with Crippen LogP contribution in [0.3, 0.4) is 0 Å². The average molecular weight is 260 g/mol. The lowest BCUT2D eigenvalue weighted by Gasteiger charge is -2.21. The zero-order valence-corrected chi connectivity index (χ0v) is 11.0. The van der Waals surface area contributed by atoms with E-state index in [0.717, 1.165) is 30.8 Å². The molecule has 0 unspecified atom stereocenters. The van der Waals surface area contributed by atoms with Crippen LogP contribution in [-0.4, -0.2) is 16.5 Å². The second kappa shape index (κ2) is 4.58. The summed E-state index contributed by atoms with van der Waals surface area (Å²) in [4.78, 5) is 10.7. The van der Waals surface area contributed by atoms with Crippen molar-refractivity contribution in [2.45, 2.75) is 19.8 Å². The van der Waals surface area contributed by atoms with Gasteiger partial charge in [-0.05, 0) is 24.5 Å². The Morgan fingerprint density at radius 3 is 2.94 bits per heavy atom. The number of fused-ring (bicyclic) bond motifs is 1. The number of rotatable bonds is 2. The number of anilines is 2. The first-order chi connectivity index (χ1) is 8.81. The molecule has 92 valence electrons. The highest BCUT2D eigenvalue weighted by Gasteiger charge is 2.23. The molecule has 1 aromatic carbocycles. The van der Waals surface area contributed by atoms with Gasteiger partial charge in [-0.25, -0.2) is 9.97 Å². The van der Waals surface area contributed by atoms with Crippen LogP contribution < -0.4 is 4.90 Å². The predicted octanol–water partition coefficient (Wildman–Crippen LogP) is 3.39. The molecule has 18 heavy (non-hydrogen) atoms. The molecule has 0 fully saturated rings. The Balaban J connectivity index is 2.10. The van der Waals surface area contributed by atoms with Crippen molar-refractivity contribution in [3.05, 3.63) is 46.9 Å². The van der Waals surface area contributed by atoms with E-state index < -0.39 is 0 Å². The van der Waals surface area contributed by atoms with Crippen molar-refractivity contribution in [1.29, 1.82) is 0 Å². The summed E-state index contributed by atoms with van der Waals surface area (Å²) in [5.41, 5.74) is 3.63. The van der Waals surface area contributed by atoms with E-state index in [0.29, 0.717) is 5.15 Å². The number of halogens is 1. The molecule has 1 aromatic heterocycles. The van der Waals surface area contributed by atoms with E-state index in [9.17, 15) is 0 Å². The molecule has 0 aliphatic carbocycles. The highest BCUT2D eigenvalue weighted by atomic mass is 35.5. The van der Waals surface area contributed by atoms with Crippen molar-refractivity contribution in [3.8, 4) is 0 Å². The molecule has 0 saturated heterocycles. The minimum absolute atomic E-state index is 0.562. The van der Waals surface area contributed by atoms with Crippen LogP contribution in [0.15, 0.2) is 30.6 Å². The SMILES string of the molecule is CCc1c(Cl)ncnc1N1CCc2ccccc21. The molecule has 2 aromatic rings. The van der Waals surface area contributed by atoms with Crippen LogP contribution in [-0.2, 0) is 12.8 Å². The number of nitrogens with zero attached hydrogens (tertiary/aromatic N) is 3. The fourth-order valence-electron chi connectivity index (χ4n) is 2.48. The van der Waals surface area contributed by atoms with E-state index in [1.807, 2.05) is 0 Å². The molecule has 4 heteroatoms. The Morgan fingerprint density at radius 1 is 1.28 bits per heavy atom. The maximum Gasteiger partial charge on any atom is 0.141 e. The van der Waals surface area contributed by atoms with Gasteiger partial charge in [0, 0.05) is 17.8 Å². The van der Waals surface area contributed by atoms with Crippen LogP contribution in [0.5, 0.6) is 0 Å². The fraction of sp³-hybridized carbons (Fsp3) is 0.286. The van der Waals surface area contributed by atoms with Gasteiger partial charge in [0.25, 0.3) is 0 Å². The molecule has 0 radical (unpaired) electrons. The lowest BCUT2D eigenvalue weighted by atomic mass is 10.2. The number of benzene rings is 1. The van der Waals surface area contributed by atoms with Crippen molar-refractivity contribution in [1.82, 2.24) is 9.97 Å². The van der Waals surface area contributed by atoms with Crippen molar-refractivity contribution in [3.63, 3.8) is 0 Å². The van der Waals surface area contributed by atoms with Gasteiger partial charge in [0.05, 0.1) is 0 Å². The normalized spacial score (nSPS) is 13.8. The summed E-state index contributed by atoms with van der Waals surface area (Å²) >= 11 is 6.16. The summed E-state index contributed by atoms with van der Waals surface area (Å²) in [6.07, 6.45) is 3.44. The van der Waals surface area contributed by atoms with Gasteiger partial charge in [-0.2, -0.15) is 0 Å². The van der Waals surface area contributed by atoms with Crippen LogP contribution >= 0.6 is 11.6 Å². The molecule has 2 heterocycles. The molecule has 1 aliphatic rings. The molecular weight excluding hydrogens is 246 g/mol. The molecule has 0 saturated carbocycles. The number of para-hydroxylation sites is 1. The summed E-state index contributed by atoms with van der Waals surface area (Å²) in [6, 6.07) is 8.45. The minimum Gasteiger partial charge on any atom is -0.325 e. The lowest BCUT2D eigenvalue weighted by molar-refractivity contribution is 0.935. The van der Waals surface area contributed by atoms with E-state index in [1.165, 1.54) is 17.6 Å². The Hall–Kier alpha value is -1.61. The van der Waals surface area contributed by atoms with Crippen molar-refractivity contribution >= 4 is 23.1 Å². The van der Waals surface area contributed by atoms with E-state index in [2.05, 4.69) is 46.1 Å². The maximum absolute atomic E-state index is 6.16. The summed E-state index contributed by atoms with van der Waals surface area (Å²) in [5.74, 6) is 0.947. The van der Waals surface area contributed by atoms with E-state index in [1.54, 1.807) is 0 Å². The van der Waals surface area contributed by atoms with Gasteiger partial charge >= 0.3 is 0 Å². The Bertz CT molecular complexity index is 583. The largest absolute Gasteiger partial charge is 0.325 e. The van der Waals surface area contributed by atoms with E-state index in [-0.39, 0.29) is 0 Å². The standard InChI is InChI=1S/C14H14ClN3/c1-2-11-13(15)16-9-17-14(11)18-8-7-10-5-3-4-6-12(10)18/h3-6,9H,2,7-8H2,1H3. The quantitative estimate of drug-likeness (QED) is 0.774. The summed E-state index contributed by atoms with van der Waals surface area (Å²) in [6.45, 7) is 3.04. The summed E-state index contributed by atoms with van der Waals surface area (Å²) in [7, 11) is 0. The zero-order valence-electron chi connectivity index (χ0n) is 10.2. The minimum atomic E-state index is 0.562. The van der Waals surface area contributed by atoms with Gasteiger partial charge in [0.2, 0.25) is 0 Å². The Labute approximate surface area is 111 Å². The maximum atomic E-state index is 6.16. The second-order valence-corrected chi connectivity index (χ2v) is 4.71. The van der Waals surface area contributed by atoms with Gasteiger partial charge < -0.3 is 4.90 Å². The van der Waals surface area contributed by atoms with Crippen molar-refractivity contribution in [2.24, 2.45) is 0 Å². The second-order valence-electron chi connectivity index (χ2n) is 4.35. The van der Waals surface area contributed by atoms with Gasteiger partial charge in [-0.3, -0.25) is 0 Å². The van der Waals surface area contributed by atoms with Crippen molar-refractivity contribution in [2.75, 3.05) is 11.4 Å².